The molecule has 0 amide bonds. The smallest absolute Gasteiger partial charge is 0.161 e. The minimum atomic E-state index is -1.11. The lowest BCUT2D eigenvalue weighted by Gasteiger charge is -2.27. The molecule has 0 aliphatic carbocycles. The van der Waals surface area contributed by atoms with Crippen molar-refractivity contribution in [3.63, 3.8) is 0 Å². The molecule has 3 unspecified atom stereocenters. The Kier molecular flexibility index (Phi) is 8.79. The minimum Gasteiger partial charge on any atom is -0.391 e. The Labute approximate surface area is 165 Å². The summed E-state index contributed by atoms with van der Waals surface area (Å²) in [5, 5.41) is 48.0. The molecule has 0 radical (unpaired) electrons. The van der Waals surface area contributed by atoms with Gasteiger partial charge in [-0.3, -0.25) is 10.4 Å². The Morgan fingerprint density at radius 2 is 1.89 bits per heavy atom. The summed E-state index contributed by atoms with van der Waals surface area (Å²) in [7, 11) is 0. The molecule has 0 saturated heterocycles. The van der Waals surface area contributed by atoms with Gasteiger partial charge in [-0.1, -0.05) is 11.6 Å². The zero-order valence-corrected chi connectivity index (χ0v) is 17.2. The van der Waals surface area contributed by atoms with Crippen LogP contribution in [0.1, 0.15) is 58.9 Å². The predicted octanol–water partition coefficient (Wildman–Crippen LogP) is 3.14. The molecule has 0 spiro atoms. The summed E-state index contributed by atoms with van der Waals surface area (Å²) in [6.45, 7) is 6.92. The third-order valence-electron chi connectivity index (χ3n) is 4.82. The van der Waals surface area contributed by atoms with Crippen LogP contribution in [0.15, 0.2) is 23.9 Å². The molecule has 1 rings (SSSR count). The summed E-state index contributed by atoms with van der Waals surface area (Å²) >= 11 is 6.51. The number of aliphatic hydroxyl groups excluding tert-OH is 2. The number of aromatic amines is 1. The first kappa shape index (κ1) is 23.9. The van der Waals surface area contributed by atoms with Crippen LogP contribution in [0.4, 0.5) is 5.82 Å². The zero-order chi connectivity index (χ0) is 20.8. The molecule has 6 N–H and O–H groups in total. The van der Waals surface area contributed by atoms with E-state index in [9.17, 15) is 15.3 Å². The van der Waals surface area contributed by atoms with Gasteiger partial charge in [0.15, 0.2) is 5.82 Å². The average molecular weight is 405 g/mol. The highest BCUT2D eigenvalue weighted by Gasteiger charge is 2.30. The summed E-state index contributed by atoms with van der Waals surface area (Å²) in [4.78, 5) is 1.84. The van der Waals surface area contributed by atoms with E-state index >= 15 is 0 Å². The lowest BCUT2D eigenvalue weighted by Crippen LogP contribution is -2.35. The number of nitrogens with one attached hydrogen (secondary N) is 1. The molecule has 8 heteroatoms. The monoisotopic (exact) mass is 404 g/mol. The average Bonchev–Trinajstić information content (AvgIpc) is 3.00. The molecule has 7 nitrogen and oxygen atoms in total. The molecule has 0 fully saturated rings. The number of halogens is 1. The van der Waals surface area contributed by atoms with E-state index in [-0.39, 0.29) is 17.5 Å². The fourth-order valence-electron chi connectivity index (χ4n) is 2.68. The lowest BCUT2D eigenvalue weighted by atomic mass is 9.92. The molecule has 0 aliphatic rings. The molecule has 1 heterocycles. The van der Waals surface area contributed by atoms with Crippen molar-refractivity contribution < 1.29 is 25.7 Å². The van der Waals surface area contributed by atoms with Crippen molar-refractivity contribution >= 4 is 17.4 Å². The summed E-state index contributed by atoms with van der Waals surface area (Å²) in [5.41, 5.74) is 0.701. The normalized spacial score (nSPS) is 17.5. The standard InChI is InChI=1S/C19H33ClN2O5/c1-13(7-8-15(23)18(2,3)25)6-5-9-19(4,20)16(24)10-14-11-17(21-12-14)22(26)27/h6,11-12,15-16,21,23-27H,5,7-10H2,1-4H3. The van der Waals surface area contributed by atoms with E-state index in [0.29, 0.717) is 31.2 Å². The van der Waals surface area contributed by atoms with E-state index in [1.807, 2.05) is 13.0 Å². The number of hydrogen-bond acceptors (Lipinski definition) is 6. The molecule has 0 bridgehead atoms. The van der Waals surface area contributed by atoms with Crippen molar-refractivity contribution in [1.29, 1.82) is 0 Å². The number of nitrogens with zero attached hydrogens (tertiary/aromatic N) is 1. The SMILES string of the molecule is CC(=CCCC(C)(Cl)C(O)Cc1c[nH]c(N(O)O)c1)CCC(O)C(C)(C)O. The largest absolute Gasteiger partial charge is 0.391 e. The van der Waals surface area contributed by atoms with E-state index in [2.05, 4.69) is 4.98 Å². The molecule has 0 saturated carbocycles. The highest BCUT2D eigenvalue weighted by Crippen LogP contribution is 2.29. The Bertz CT molecular complexity index is 607. The van der Waals surface area contributed by atoms with E-state index in [1.54, 1.807) is 27.0 Å². The number of alkyl halides is 1. The van der Waals surface area contributed by atoms with Gasteiger partial charge in [0.1, 0.15) is 0 Å². The Balaban J connectivity index is 2.48. The fourth-order valence-corrected chi connectivity index (χ4v) is 2.87. The van der Waals surface area contributed by atoms with Crippen LogP contribution in [0.25, 0.3) is 0 Å². The van der Waals surface area contributed by atoms with Crippen molar-refractivity contribution in [2.45, 2.75) is 82.5 Å². The zero-order valence-electron chi connectivity index (χ0n) is 16.5. The third-order valence-corrected chi connectivity index (χ3v) is 5.26. The van der Waals surface area contributed by atoms with Crippen LogP contribution in [0.2, 0.25) is 0 Å². The second kappa shape index (κ2) is 9.91. The van der Waals surface area contributed by atoms with E-state index in [0.717, 1.165) is 5.57 Å². The van der Waals surface area contributed by atoms with Gasteiger partial charge >= 0.3 is 0 Å². The van der Waals surface area contributed by atoms with Crippen LogP contribution >= 0.6 is 11.6 Å². The summed E-state index contributed by atoms with van der Waals surface area (Å²) in [5.74, 6) is 0.111. The van der Waals surface area contributed by atoms with Gasteiger partial charge in [-0.15, -0.1) is 16.8 Å². The molecule has 1 aromatic heterocycles. The summed E-state index contributed by atoms with van der Waals surface area (Å²) in [6.07, 6.45) is 4.72. The van der Waals surface area contributed by atoms with Gasteiger partial charge in [0, 0.05) is 12.6 Å². The third kappa shape index (κ3) is 8.21. The van der Waals surface area contributed by atoms with Crippen LogP contribution in [0, 0.1) is 0 Å². The number of anilines is 1. The minimum absolute atomic E-state index is 0.0157. The Morgan fingerprint density at radius 1 is 1.26 bits per heavy atom. The topological polar surface area (TPSA) is 120 Å². The van der Waals surface area contributed by atoms with E-state index < -0.39 is 22.7 Å². The molecular weight excluding hydrogens is 372 g/mol. The van der Waals surface area contributed by atoms with Crippen LogP contribution in [0.3, 0.4) is 0 Å². The highest BCUT2D eigenvalue weighted by molar-refractivity contribution is 6.24. The van der Waals surface area contributed by atoms with Gasteiger partial charge < -0.3 is 20.3 Å². The van der Waals surface area contributed by atoms with E-state index in [4.69, 9.17) is 22.0 Å². The van der Waals surface area contributed by atoms with Gasteiger partial charge in [-0.2, -0.15) is 0 Å². The van der Waals surface area contributed by atoms with Gasteiger partial charge in [0.05, 0.1) is 22.7 Å². The quantitative estimate of drug-likeness (QED) is 0.191. The van der Waals surface area contributed by atoms with Gasteiger partial charge in [0.2, 0.25) is 0 Å². The molecule has 27 heavy (non-hydrogen) atoms. The lowest BCUT2D eigenvalue weighted by molar-refractivity contribution is -0.0509. The molecule has 156 valence electrons. The molecule has 3 atom stereocenters. The summed E-state index contributed by atoms with van der Waals surface area (Å²) in [6, 6.07) is 1.52. The second-order valence-electron chi connectivity index (χ2n) is 7.98. The van der Waals surface area contributed by atoms with Crippen molar-refractivity contribution in [3.8, 4) is 0 Å². The van der Waals surface area contributed by atoms with Gasteiger partial charge in [-0.25, -0.2) is 0 Å². The van der Waals surface area contributed by atoms with E-state index in [1.165, 1.54) is 6.07 Å². The molecule has 1 aromatic rings. The van der Waals surface area contributed by atoms with Crippen LogP contribution in [-0.4, -0.2) is 53.4 Å². The first-order valence-corrected chi connectivity index (χ1v) is 9.49. The number of allylic oxidation sites excluding steroid dienone is 2. The van der Waals surface area contributed by atoms with Crippen molar-refractivity contribution in [2.24, 2.45) is 0 Å². The van der Waals surface area contributed by atoms with Crippen LogP contribution in [0.5, 0.6) is 0 Å². The second-order valence-corrected chi connectivity index (χ2v) is 8.84. The summed E-state index contributed by atoms with van der Waals surface area (Å²) < 4.78 is 0. The molecular formula is C19H33ClN2O5. The molecule has 0 aliphatic heterocycles. The Morgan fingerprint density at radius 3 is 2.41 bits per heavy atom. The highest BCUT2D eigenvalue weighted by atomic mass is 35.5. The maximum Gasteiger partial charge on any atom is 0.161 e. The fraction of sp³-hybridized carbons (Fsp3) is 0.684. The van der Waals surface area contributed by atoms with Crippen molar-refractivity contribution in [2.75, 3.05) is 5.23 Å². The number of H-pyrrole nitrogens is 1. The predicted molar refractivity (Wildman–Crippen MR) is 105 cm³/mol. The number of hydrogen-bond donors (Lipinski definition) is 6. The van der Waals surface area contributed by atoms with Crippen molar-refractivity contribution in [1.82, 2.24) is 4.98 Å². The van der Waals surface area contributed by atoms with Gasteiger partial charge in [-0.05, 0) is 65.0 Å². The first-order valence-electron chi connectivity index (χ1n) is 9.11. The number of aromatic nitrogens is 1. The van der Waals surface area contributed by atoms with Gasteiger partial charge in [0.25, 0.3) is 0 Å². The Hall–Kier alpha value is -1.09. The number of aliphatic hydroxyl groups is 3. The maximum absolute atomic E-state index is 10.4. The molecule has 0 aromatic carbocycles. The van der Waals surface area contributed by atoms with Crippen LogP contribution in [-0.2, 0) is 6.42 Å². The van der Waals surface area contributed by atoms with Crippen molar-refractivity contribution in [3.05, 3.63) is 29.5 Å². The van der Waals surface area contributed by atoms with Crippen LogP contribution < -0.4 is 5.23 Å². The first-order chi connectivity index (χ1) is 12.3. The maximum atomic E-state index is 10.4. The number of rotatable bonds is 11.